The zero-order valence-corrected chi connectivity index (χ0v) is 15.2. The van der Waals surface area contributed by atoms with Gasteiger partial charge in [-0.05, 0) is 24.3 Å². The van der Waals surface area contributed by atoms with E-state index in [1.165, 1.54) is 31.4 Å². The molecule has 0 unspecified atom stereocenters. The third-order valence-corrected chi connectivity index (χ3v) is 3.46. The Morgan fingerprint density at radius 3 is 2.59 bits per heavy atom. The molecule has 29 heavy (non-hydrogen) atoms. The number of carbonyl (C=O) groups excluding carboxylic acids is 3. The number of hydrogen-bond acceptors (Lipinski definition) is 6. The molecule has 1 aromatic carbocycles. The normalized spacial score (nSPS) is 11.0. The van der Waals surface area contributed by atoms with Gasteiger partial charge in [0, 0.05) is 19.2 Å². The minimum atomic E-state index is -4.52. The second kappa shape index (κ2) is 9.73. The van der Waals surface area contributed by atoms with Crippen molar-refractivity contribution in [1.29, 1.82) is 0 Å². The summed E-state index contributed by atoms with van der Waals surface area (Å²) in [5, 5.41) is 4.27. The molecule has 0 aliphatic heterocycles. The smallest absolute Gasteiger partial charge is 0.416 e. The molecule has 1 heterocycles. The maximum absolute atomic E-state index is 12.8. The van der Waals surface area contributed by atoms with Crippen LogP contribution in [0.25, 0.3) is 11.3 Å². The number of amides is 3. The lowest BCUT2D eigenvalue weighted by Crippen LogP contribution is -2.42. The molecule has 11 heteroatoms. The van der Waals surface area contributed by atoms with Crippen LogP contribution in [0, 0.1) is 0 Å². The average molecular weight is 414 g/mol. The van der Waals surface area contributed by atoms with Gasteiger partial charge < -0.3 is 19.2 Å². The molecule has 0 radical (unpaired) electrons. The Hall–Kier alpha value is -3.34. The number of methoxy groups -OCH3 is 1. The van der Waals surface area contributed by atoms with Crippen LogP contribution in [0.5, 0.6) is 0 Å². The van der Waals surface area contributed by atoms with Crippen molar-refractivity contribution in [2.75, 3.05) is 26.9 Å². The van der Waals surface area contributed by atoms with Gasteiger partial charge in [0.2, 0.25) is 5.76 Å². The van der Waals surface area contributed by atoms with Gasteiger partial charge >= 0.3 is 18.2 Å². The molecule has 0 bridgehead atoms. The summed E-state index contributed by atoms with van der Waals surface area (Å²) >= 11 is 0. The van der Waals surface area contributed by atoms with Gasteiger partial charge in [0.1, 0.15) is 5.76 Å². The van der Waals surface area contributed by atoms with Gasteiger partial charge in [-0.1, -0.05) is 12.1 Å². The summed E-state index contributed by atoms with van der Waals surface area (Å²) in [5.41, 5.74) is -0.750. The number of ether oxygens (including phenoxy) is 2. The average Bonchev–Trinajstić information content (AvgIpc) is 3.16. The van der Waals surface area contributed by atoms with Crippen LogP contribution >= 0.6 is 0 Å². The first-order chi connectivity index (χ1) is 13.7. The molecule has 0 atom stereocenters. The minimum absolute atomic E-state index is 0.0185. The number of hydrogen-bond donors (Lipinski definition) is 2. The number of halogens is 3. The zero-order valence-electron chi connectivity index (χ0n) is 15.2. The van der Waals surface area contributed by atoms with E-state index >= 15 is 0 Å². The van der Waals surface area contributed by atoms with E-state index in [4.69, 9.17) is 13.9 Å². The van der Waals surface area contributed by atoms with Gasteiger partial charge in [-0.15, -0.1) is 0 Å². The van der Waals surface area contributed by atoms with Crippen LogP contribution in [0.2, 0.25) is 0 Å². The summed E-state index contributed by atoms with van der Waals surface area (Å²) in [4.78, 5) is 34.8. The number of nitrogens with one attached hydrogen (secondary N) is 2. The summed E-state index contributed by atoms with van der Waals surface area (Å²) in [6.07, 6.45) is -4.52. The molecule has 2 N–H and O–H groups in total. The molecule has 156 valence electrons. The van der Waals surface area contributed by atoms with Crippen LogP contribution in [0.15, 0.2) is 40.8 Å². The van der Waals surface area contributed by atoms with Crippen molar-refractivity contribution in [3.63, 3.8) is 0 Å². The predicted octanol–water partition coefficient (Wildman–Crippen LogP) is 2.59. The quantitative estimate of drug-likeness (QED) is 0.533. The van der Waals surface area contributed by atoms with Crippen molar-refractivity contribution < 1.29 is 41.4 Å². The Bertz CT molecular complexity index is 878. The third-order valence-electron chi connectivity index (χ3n) is 3.46. The lowest BCUT2D eigenvalue weighted by Gasteiger charge is -2.07. The number of esters is 1. The molecular formula is C18H17F3N2O6. The molecule has 0 spiro atoms. The summed E-state index contributed by atoms with van der Waals surface area (Å²) in [7, 11) is 1.44. The summed E-state index contributed by atoms with van der Waals surface area (Å²) < 4.78 is 53.0. The molecule has 0 aliphatic carbocycles. The number of alkyl halides is 3. The number of benzene rings is 1. The van der Waals surface area contributed by atoms with Crippen molar-refractivity contribution >= 4 is 17.9 Å². The van der Waals surface area contributed by atoms with E-state index in [1.807, 2.05) is 5.32 Å². The number of carbonyl (C=O) groups is 3. The minimum Gasteiger partial charge on any atom is -0.450 e. The van der Waals surface area contributed by atoms with E-state index in [1.54, 1.807) is 0 Å². The molecule has 3 amide bonds. The van der Waals surface area contributed by atoms with Gasteiger partial charge in [0.15, 0.2) is 6.61 Å². The summed E-state index contributed by atoms with van der Waals surface area (Å²) in [6, 6.07) is 6.10. The Balaban J connectivity index is 1.91. The second-order valence-electron chi connectivity index (χ2n) is 5.62. The van der Waals surface area contributed by atoms with Crippen LogP contribution in [-0.2, 0) is 20.4 Å². The van der Waals surface area contributed by atoms with Crippen LogP contribution in [0.4, 0.5) is 18.0 Å². The first-order valence-electron chi connectivity index (χ1n) is 8.22. The van der Waals surface area contributed by atoms with Gasteiger partial charge in [-0.3, -0.25) is 10.1 Å². The molecule has 2 rings (SSSR count). The first-order valence-corrected chi connectivity index (χ1v) is 8.22. The van der Waals surface area contributed by atoms with Crippen molar-refractivity contribution in [3.05, 3.63) is 47.7 Å². The van der Waals surface area contributed by atoms with E-state index < -0.39 is 36.3 Å². The highest BCUT2D eigenvalue weighted by Crippen LogP contribution is 2.32. The lowest BCUT2D eigenvalue weighted by molar-refractivity contribution is -0.137. The number of furan rings is 1. The molecule has 0 fully saturated rings. The molecule has 0 saturated carbocycles. The monoisotopic (exact) mass is 414 g/mol. The fourth-order valence-corrected chi connectivity index (χ4v) is 2.13. The molecule has 8 nitrogen and oxygen atoms in total. The number of imide groups is 1. The van der Waals surface area contributed by atoms with Crippen molar-refractivity contribution in [1.82, 2.24) is 10.6 Å². The summed E-state index contributed by atoms with van der Waals surface area (Å²) in [6.45, 7) is -0.320. The zero-order chi connectivity index (χ0) is 21.4. The lowest BCUT2D eigenvalue weighted by atomic mass is 10.1. The first kappa shape index (κ1) is 22.0. The third kappa shape index (κ3) is 6.64. The predicted molar refractivity (Wildman–Crippen MR) is 92.8 cm³/mol. The van der Waals surface area contributed by atoms with Gasteiger partial charge in [-0.25, -0.2) is 9.59 Å². The fourth-order valence-electron chi connectivity index (χ4n) is 2.13. The fraction of sp³-hybridized carbons (Fsp3) is 0.278. The topological polar surface area (TPSA) is 107 Å². The molecule has 2 aromatic rings. The second-order valence-corrected chi connectivity index (χ2v) is 5.62. The van der Waals surface area contributed by atoms with E-state index in [0.717, 1.165) is 12.1 Å². The van der Waals surface area contributed by atoms with Gasteiger partial charge in [0.05, 0.1) is 12.2 Å². The Kier molecular flexibility index (Phi) is 7.37. The number of rotatable bonds is 7. The van der Waals surface area contributed by atoms with E-state index in [0.29, 0.717) is 0 Å². The largest absolute Gasteiger partial charge is 0.450 e. The molecule has 0 saturated heterocycles. The van der Waals surface area contributed by atoms with Crippen LogP contribution in [0.1, 0.15) is 16.1 Å². The van der Waals surface area contributed by atoms with Crippen molar-refractivity contribution in [2.24, 2.45) is 0 Å². The Morgan fingerprint density at radius 2 is 1.90 bits per heavy atom. The van der Waals surface area contributed by atoms with E-state index in [-0.39, 0.29) is 30.2 Å². The maximum atomic E-state index is 12.8. The van der Waals surface area contributed by atoms with Crippen LogP contribution in [-0.4, -0.2) is 44.8 Å². The van der Waals surface area contributed by atoms with Gasteiger partial charge in [0.25, 0.3) is 5.91 Å². The highest BCUT2D eigenvalue weighted by Gasteiger charge is 2.30. The van der Waals surface area contributed by atoms with Crippen molar-refractivity contribution in [2.45, 2.75) is 6.18 Å². The Labute approximate surface area is 163 Å². The van der Waals surface area contributed by atoms with Gasteiger partial charge in [-0.2, -0.15) is 13.2 Å². The highest BCUT2D eigenvalue weighted by atomic mass is 19.4. The molecular weight excluding hydrogens is 397 g/mol. The number of urea groups is 1. The standard InChI is InChI=1S/C18H17F3N2O6/c1-27-8-7-22-17(26)23-15(24)10-28-16(25)14-6-5-13(29-14)11-3-2-4-12(9-11)18(19,20)21/h2-6,9H,7-8,10H2,1H3,(H2,22,23,24,26). The molecule has 1 aromatic heterocycles. The van der Waals surface area contributed by atoms with E-state index in [9.17, 15) is 27.6 Å². The summed E-state index contributed by atoms with van der Waals surface area (Å²) in [5.74, 6) is -2.18. The highest BCUT2D eigenvalue weighted by molar-refractivity contribution is 5.96. The van der Waals surface area contributed by atoms with Crippen LogP contribution in [0.3, 0.4) is 0 Å². The maximum Gasteiger partial charge on any atom is 0.416 e. The Morgan fingerprint density at radius 1 is 1.14 bits per heavy atom. The SMILES string of the molecule is COCCNC(=O)NC(=O)COC(=O)c1ccc(-c2cccc(C(F)(F)F)c2)o1. The molecule has 0 aliphatic rings. The van der Waals surface area contributed by atoms with Crippen LogP contribution < -0.4 is 10.6 Å². The van der Waals surface area contributed by atoms with Crippen molar-refractivity contribution in [3.8, 4) is 11.3 Å². The van der Waals surface area contributed by atoms with E-state index in [2.05, 4.69) is 5.32 Å².